The number of rotatable bonds is 7. The van der Waals surface area contributed by atoms with E-state index in [1.54, 1.807) is 24.1 Å². The molecule has 1 heterocycles. The number of aromatic nitrogens is 2. The molecule has 1 aromatic heterocycles. The largest absolute Gasteiger partial charge is 0.338 e. The van der Waals surface area contributed by atoms with E-state index in [-0.39, 0.29) is 30.3 Å². The van der Waals surface area contributed by atoms with Crippen molar-refractivity contribution in [3.05, 3.63) is 66.1 Å². The molecule has 0 aliphatic heterocycles. The number of nitrogens with one attached hydrogen (secondary N) is 2. The molecule has 0 saturated heterocycles. The maximum absolute atomic E-state index is 12.2. The first-order valence-corrected chi connectivity index (χ1v) is 10.5. The van der Waals surface area contributed by atoms with E-state index in [0.717, 1.165) is 11.1 Å². The minimum Gasteiger partial charge on any atom is -0.338 e. The second-order valence-electron chi connectivity index (χ2n) is 8.62. The minimum atomic E-state index is -0.222. The molecular formula is C24H29N5O3. The minimum absolute atomic E-state index is 0.173. The zero-order valence-electron chi connectivity index (χ0n) is 18.9. The molecule has 0 aliphatic rings. The number of benzene rings is 2. The second kappa shape index (κ2) is 10.1. The Bertz CT molecular complexity index is 1040. The Morgan fingerprint density at radius 3 is 2.34 bits per heavy atom. The van der Waals surface area contributed by atoms with Gasteiger partial charge in [0.2, 0.25) is 17.6 Å². The molecule has 168 valence electrons. The van der Waals surface area contributed by atoms with Crippen molar-refractivity contribution >= 4 is 17.6 Å². The molecule has 3 rings (SSSR count). The third-order valence-corrected chi connectivity index (χ3v) is 4.73. The van der Waals surface area contributed by atoms with Crippen molar-refractivity contribution in [2.45, 2.75) is 39.2 Å². The molecule has 0 bridgehead atoms. The van der Waals surface area contributed by atoms with Gasteiger partial charge < -0.3 is 20.1 Å². The van der Waals surface area contributed by atoms with Crippen molar-refractivity contribution in [1.29, 1.82) is 0 Å². The highest BCUT2D eigenvalue weighted by atomic mass is 16.5. The first kappa shape index (κ1) is 23.0. The summed E-state index contributed by atoms with van der Waals surface area (Å²) in [5.74, 6) is 0.898. The number of hydrogen-bond acceptors (Lipinski definition) is 5. The quantitative estimate of drug-likeness (QED) is 0.579. The fourth-order valence-corrected chi connectivity index (χ4v) is 2.92. The summed E-state index contributed by atoms with van der Waals surface area (Å²) in [6, 6.07) is 16.7. The number of nitrogens with zero attached hydrogens (tertiary/aromatic N) is 3. The van der Waals surface area contributed by atoms with Crippen LogP contribution in [0.15, 0.2) is 59.1 Å². The summed E-state index contributed by atoms with van der Waals surface area (Å²) in [7, 11) is 1.72. The Hall–Kier alpha value is -3.68. The Morgan fingerprint density at radius 2 is 1.72 bits per heavy atom. The lowest BCUT2D eigenvalue weighted by Gasteiger charge is -2.18. The van der Waals surface area contributed by atoms with Crippen LogP contribution in [0.1, 0.15) is 38.6 Å². The summed E-state index contributed by atoms with van der Waals surface area (Å²) >= 11 is 0. The molecule has 0 aliphatic carbocycles. The molecule has 2 aromatic carbocycles. The van der Waals surface area contributed by atoms with Crippen LogP contribution < -0.4 is 10.6 Å². The summed E-state index contributed by atoms with van der Waals surface area (Å²) in [6.07, 6.45) is 0.173. The molecule has 0 fully saturated rings. The highest BCUT2D eigenvalue weighted by Gasteiger charge is 2.22. The van der Waals surface area contributed by atoms with E-state index in [2.05, 4.69) is 20.8 Å². The molecule has 8 heteroatoms. The Balaban J connectivity index is 1.44. The van der Waals surface area contributed by atoms with Gasteiger partial charge in [-0.2, -0.15) is 4.98 Å². The first-order valence-electron chi connectivity index (χ1n) is 10.5. The second-order valence-corrected chi connectivity index (χ2v) is 8.62. The zero-order chi connectivity index (χ0) is 23.1. The van der Waals surface area contributed by atoms with Gasteiger partial charge in [-0.1, -0.05) is 56.3 Å². The molecule has 0 atom stereocenters. The van der Waals surface area contributed by atoms with E-state index >= 15 is 0 Å². The molecule has 0 spiro atoms. The lowest BCUT2D eigenvalue weighted by atomic mass is 9.97. The van der Waals surface area contributed by atoms with Crippen LogP contribution in [0.4, 0.5) is 10.5 Å². The third-order valence-electron chi connectivity index (χ3n) is 4.73. The highest BCUT2D eigenvalue weighted by Crippen LogP contribution is 2.24. The van der Waals surface area contributed by atoms with Crippen LogP contribution in [0, 0.1) is 0 Å². The summed E-state index contributed by atoms with van der Waals surface area (Å²) in [6.45, 7) is 6.77. The summed E-state index contributed by atoms with van der Waals surface area (Å²) in [4.78, 5) is 30.4. The molecule has 0 saturated carbocycles. The molecule has 8 nitrogen and oxygen atoms in total. The molecule has 3 aromatic rings. The lowest BCUT2D eigenvalue weighted by Crippen LogP contribution is -2.38. The molecular weight excluding hydrogens is 406 g/mol. The van der Waals surface area contributed by atoms with E-state index in [0.29, 0.717) is 23.9 Å². The molecule has 0 radical (unpaired) electrons. The van der Waals surface area contributed by atoms with Gasteiger partial charge in [0.1, 0.15) is 0 Å². The van der Waals surface area contributed by atoms with E-state index in [1.165, 1.54) is 0 Å². The van der Waals surface area contributed by atoms with Crippen molar-refractivity contribution in [3.8, 4) is 11.4 Å². The number of carbonyl (C=O) groups is 2. The van der Waals surface area contributed by atoms with E-state index in [9.17, 15) is 9.59 Å². The monoisotopic (exact) mass is 435 g/mol. The summed E-state index contributed by atoms with van der Waals surface area (Å²) in [5, 5.41) is 9.61. The van der Waals surface area contributed by atoms with Gasteiger partial charge >= 0.3 is 6.03 Å². The molecule has 0 unspecified atom stereocenters. The van der Waals surface area contributed by atoms with E-state index in [4.69, 9.17) is 4.52 Å². The lowest BCUT2D eigenvalue weighted by molar-refractivity contribution is -0.116. The van der Waals surface area contributed by atoms with Crippen LogP contribution >= 0.6 is 0 Å². The predicted octanol–water partition coefficient (Wildman–Crippen LogP) is 4.20. The number of urea groups is 1. The van der Waals surface area contributed by atoms with Gasteiger partial charge in [-0.15, -0.1) is 0 Å². The third kappa shape index (κ3) is 6.41. The van der Waals surface area contributed by atoms with E-state index < -0.39 is 0 Å². The Labute approximate surface area is 188 Å². The van der Waals surface area contributed by atoms with Crippen LogP contribution in [-0.2, 0) is 16.8 Å². The van der Waals surface area contributed by atoms with Gasteiger partial charge in [0, 0.05) is 43.2 Å². The fourth-order valence-electron chi connectivity index (χ4n) is 2.92. The molecule has 2 N–H and O–H groups in total. The number of amides is 3. The van der Waals surface area contributed by atoms with E-state index in [1.807, 2.05) is 63.2 Å². The van der Waals surface area contributed by atoms with Gasteiger partial charge in [-0.05, 0) is 29.8 Å². The van der Waals surface area contributed by atoms with Crippen LogP contribution in [0.5, 0.6) is 0 Å². The molecule has 32 heavy (non-hydrogen) atoms. The van der Waals surface area contributed by atoms with Gasteiger partial charge in [0.15, 0.2) is 0 Å². The topological polar surface area (TPSA) is 100 Å². The summed E-state index contributed by atoms with van der Waals surface area (Å²) < 4.78 is 5.32. The van der Waals surface area contributed by atoms with Crippen molar-refractivity contribution in [2.75, 3.05) is 18.9 Å². The van der Waals surface area contributed by atoms with Crippen molar-refractivity contribution in [3.63, 3.8) is 0 Å². The standard InChI is InChI=1S/C24H29N5O3/c1-24(2,3)22-27-21(28-32-22)18-10-12-19(13-11-18)26-20(30)14-15-25-23(31)29(4)16-17-8-6-5-7-9-17/h5-13H,14-16H2,1-4H3,(H,25,31)(H,26,30). The van der Waals surface area contributed by atoms with Gasteiger partial charge in [-0.25, -0.2) is 4.79 Å². The van der Waals surface area contributed by atoms with Gasteiger partial charge in [-0.3, -0.25) is 4.79 Å². The van der Waals surface area contributed by atoms with Crippen molar-refractivity contribution in [2.24, 2.45) is 0 Å². The fraction of sp³-hybridized carbons (Fsp3) is 0.333. The SMILES string of the molecule is CN(Cc1ccccc1)C(=O)NCCC(=O)Nc1ccc(-c2noc(C(C)(C)C)n2)cc1. The maximum Gasteiger partial charge on any atom is 0.317 e. The van der Waals surface area contributed by atoms with Crippen LogP contribution in [0.2, 0.25) is 0 Å². The van der Waals surface area contributed by atoms with Crippen molar-refractivity contribution < 1.29 is 14.1 Å². The first-order chi connectivity index (χ1) is 15.2. The van der Waals surface area contributed by atoms with Gasteiger partial charge in [0.25, 0.3) is 0 Å². The average molecular weight is 436 g/mol. The van der Waals surface area contributed by atoms with Crippen LogP contribution in [0.25, 0.3) is 11.4 Å². The van der Waals surface area contributed by atoms with Crippen LogP contribution in [0.3, 0.4) is 0 Å². The smallest absolute Gasteiger partial charge is 0.317 e. The Morgan fingerprint density at radius 1 is 1.03 bits per heavy atom. The Kier molecular flexibility index (Phi) is 7.25. The van der Waals surface area contributed by atoms with Crippen molar-refractivity contribution in [1.82, 2.24) is 20.4 Å². The molecule has 3 amide bonds. The maximum atomic E-state index is 12.2. The highest BCUT2D eigenvalue weighted by molar-refractivity contribution is 5.91. The summed E-state index contributed by atoms with van der Waals surface area (Å²) in [5.41, 5.74) is 2.29. The predicted molar refractivity (Wildman–Crippen MR) is 123 cm³/mol. The number of anilines is 1. The normalized spacial score (nSPS) is 11.1. The average Bonchev–Trinajstić information content (AvgIpc) is 3.26. The van der Waals surface area contributed by atoms with Crippen LogP contribution in [-0.4, -0.2) is 40.6 Å². The number of hydrogen-bond donors (Lipinski definition) is 2. The number of carbonyl (C=O) groups excluding carboxylic acids is 2. The zero-order valence-corrected chi connectivity index (χ0v) is 18.9. The van der Waals surface area contributed by atoms with Gasteiger partial charge in [0.05, 0.1) is 0 Å².